The Bertz CT molecular complexity index is 242. The fraction of sp³-hybridized carbons (Fsp3) is 0. The predicted octanol–water partition coefficient (Wildman–Crippen LogP) is -0.534. The molecule has 0 saturated carbocycles. The van der Waals surface area contributed by atoms with Crippen LogP contribution in [0.5, 0.6) is 5.75 Å². The lowest BCUT2D eigenvalue weighted by molar-refractivity contribution is 0.469. The van der Waals surface area contributed by atoms with Crippen LogP contribution in [-0.2, 0) is 0 Å². The van der Waals surface area contributed by atoms with E-state index in [1.165, 1.54) is 12.4 Å². The number of nitrogens with two attached hydrogens (primary N) is 1. The van der Waals surface area contributed by atoms with Crippen molar-refractivity contribution in [2.45, 2.75) is 0 Å². The summed E-state index contributed by atoms with van der Waals surface area (Å²) in [4.78, 5) is 7.13. The van der Waals surface area contributed by atoms with Crippen LogP contribution in [0.15, 0.2) is 12.4 Å². The highest BCUT2D eigenvalue weighted by Gasteiger charge is 1.97. The van der Waals surface area contributed by atoms with Crippen LogP contribution in [0.4, 0.5) is 0 Å². The van der Waals surface area contributed by atoms with E-state index in [1.54, 1.807) is 0 Å². The quantitative estimate of drug-likeness (QED) is 0.359. The van der Waals surface area contributed by atoms with Gasteiger partial charge in [0.15, 0.2) is 17.4 Å². The number of aromatic hydroxyl groups is 1. The lowest BCUT2D eigenvalue weighted by Crippen LogP contribution is -2.14. The van der Waals surface area contributed by atoms with Gasteiger partial charge in [0.2, 0.25) is 0 Å². The van der Waals surface area contributed by atoms with E-state index in [0.717, 1.165) is 0 Å². The van der Waals surface area contributed by atoms with E-state index in [1.807, 2.05) is 0 Å². The van der Waals surface area contributed by atoms with Crippen LogP contribution < -0.4 is 5.73 Å². The van der Waals surface area contributed by atoms with Crippen LogP contribution >= 0.6 is 0 Å². The van der Waals surface area contributed by atoms with Crippen molar-refractivity contribution in [2.24, 2.45) is 5.73 Å². The number of nitrogen functional groups attached to an aromatic ring is 1. The average molecular weight is 138 g/mol. The molecule has 1 heterocycles. The molecule has 0 bridgehead atoms. The van der Waals surface area contributed by atoms with Crippen molar-refractivity contribution in [1.82, 2.24) is 9.97 Å². The van der Waals surface area contributed by atoms with Crippen molar-refractivity contribution >= 4 is 5.84 Å². The van der Waals surface area contributed by atoms with Gasteiger partial charge in [0, 0.05) is 0 Å². The van der Waals surface area contributed by atoms with Gasteiger partial charge in [-0.25, -0.2) is 9.97 Å². The molecule has 4 N–H and O–H groups in total. The first-order chi connectivity index (χ1) is 4.70. The first-order valence-electron chi connectivity index (χ1n) is 2.55. The molecule has 1 aromatic rings. The van der Waals surface area contributed by atoms with Crippen molar-refractivity contribution in [2.75, 3.05) is 0 Å². The molecule has 0 aliphatic heterocycles. The van der Waals surface area contributed by atoms with Gasteiger partial charge in [0.1, 0.15) is 0 Å². The zero-order valence-corrected chi connectivity index (χ0v) is 5.07. The molecular weight excluding hydrogens is 132 g/mol. The Morgan fingerprint density at radius 3 is 2.40 bits per heavy atom. The zero-order chi connectivity index (χ0) is 7.56. The van der Waals surface area contributed by atoms with Crippen molar-refractivity contribution in [3.8, 4) is 5.75 Å². The number of aromatic nitrogens is 2. The third-order valence-corrected chi connectivity index (χ3v) is 0.879. The Labute approximate surface area is 57.1 Å². The van der Waals surface area contributed by atoms with Crippen LogP contribution in [0.2, 0.25) is 0 Å². The summed E-state index contributed by atoms with van der Waals surface area (Å²) in [6.07, 6.45) is 2.37. The summed E-state index contributed by atoms with van der Waals surface area (Å²) in [6, 6.07) is 0. The Kier molecular flexibility index (Phi) is 1.49. The van der Waals surface area contributed by atoms with Crippen molar-refractivity contribution in [3.05, 3.63) is 18.2 Å². The summed E-state index contributed by atoms with van der Waals surface area (Å²) in [5.74, 6) is -0.122. The first-order valence-corrected chi connectivity index (χ1v) is 2.55. The minimum absolute atomic E-state index is 0.0370. The molecule has 52 valence electrons. The molecule has 0 radical (unpaired) electrons. The van der Waals surface area contributed by atoms with E-state index in [9.17, 15) is 0 Å². The van der Waals surface area contributed by atoms with Crippen LogP contribution in [0.3, 0.4) is 0 Å². The van der Waals surface area contributed by atoms with E-state index >= 15 is 0 Å². The summed E-state index contributed by atoms with van der Waals surface area (Å²) in [5, 5.41) is 15.6. The monoisotopic (exact) mass is 138 g/mol. The fourth-order valence-corrected chi connectivity index (χ4v) is 0.460. The van der Waals surface area contributed by atoms with Crippen molar-refractivity contribution in [3.63, 3.8) is 0 Å². The normalized spacial score (nSPS) is 9.20. The summed E-state index contributed by atoms with van der Waals surface area (Å²) >= 11 is 0. The number of rotatable bonds is 1. The molecule has 0 aliphatic carbocycles. The molecule has 1 rings (SSSR count). The lowest BCUT2D eigenvalue weighted by Gasteiger charge is -1.93. The van der Waals surface area contributed by atoms with Gasteiger partial charge in [-0.15, -0.1) is 0 Å². The highest BCUT2D eigenvalue weighted by Crippen LogP contribution is 2.00. The Balaban J connectivity index is 3.00. The molecule has 1 aromatic heterocycles. The molecule has 0 unspecified atom stereocenters. The highest BCUT2D eigenvalue weighted by atomic mass is 16.3. The highest BCUT2D eigenvalue weighted by molar-refractivity contribution is 5.90. The number of hydrogen-bond donors (Lipinski definition) is 3. The number of nitrogens with zero attached hydrogens (tertiary/aromatic N) is 2. The molecule has 0 atom stereocenters. The average Bonchev–Trinajstić information content (AvgIpc) is 1.88. The van der Waals surface area contributed by atoms with Crippen molar-refractivity contribution < 1.29 is 5.11 Å². The Hall–Kier alpha value is -1.65. The summed E-state index contributed by atoms with van der Waals surface area (Å²) < 4.78 is 0. The van der Waals surface area contributed by atoms with E-state index in [0.29, 0.717) is 0 Å². The minimum Gasteiger partial charge on any atom is -0.505 e. The molecule has 0 fully saturated rings. The first kappa shape index (κ1) is 6.47. The maximum Gasteiger partial charge on any atom is 0.194 e. The van der Waals surface area contributed by atoms with Gasteiger partial charge < -0.3 is 10.8 Å². The van der Waals surface area contributed by atoms with Crippen LogP contribution in [-0.4, -0.2) is 20.9 Å². The fourth-order valence-electron chi connectivity index (χ4n) is 0.460. The molecule has 0 amide bonds. The number of nitrogens with one attached hydrogen (secondary N) is 1. The SMILES string of the molecule is N=C(N)c1ncc(O)cn1. The van der Waals surface area contributed by atoms with Gasteiger partial charge in [0.25, 0.3) is 0 Å². The Morgan fingerprint density at radius 2 is 2.00 bits per heavy atom. The minimum atomic E-state index is -0.208. The molecule has 5 nitrogen and oxygen atoms in total. The van der Waals surface area contributed by atoms with Crippen LogP contribution in [0.25, 0.3) is 0 Å². The van der Waals surface area contributed by atoms with Gasteiger partial charge in [-0.2, -0.15) is 0 Å². The maximum absolute atomic E-state index is 8.70. The van der Waals surface area contributed by atoms with Crippen molar-refractivity contribution in [1.29, 1.82) is 5.41 Å². The van der Waals surface area contributed by atoms with E-state index in [4.69, 9.17) is 16.2 Å². The molecule has 0 saturated heterocycles. The second-order valence-corrected chi connectivity index (χ2v) is 1.68. The van der Waals surface area contributed by atoms with Gasteiger partial charge >= 0.3 is 0 Å². The molecule has 0 spiro atoms. The molecule has 5 heteroatoms. The summed E-state index contributed by atoms with van der Waals surface area (Å²) in [7, 11) is 0. The Morgan fingerprint density at radius 1 is 1.50 bits per heavy atom. The van der Waals surface area contributed by atoms with Crippen LogP contribution in [0, 0.1) is 5.41 Å². The number of hydrogen-bond acceptors (Lipinski definition) is 4. The van der Waals surface area contributed by atoms with E-state index < -0.39 is 0 Å². The largest absolute Gasteiger partial charge is 0.505 e. The summed E-state index contributed by atoms with van der Waals surface area (Å²) in [6.45, 7) is 0. The van der Waals surface area contributed by atoms with Gasteiger partial charge in [-0.05, 0) is 0 Å². The van der Waals surface area contributed by atoms with Gasteiger partial charge in [-0.1, -0.05) is 0 Å². The molecule has 0 aliphatic rings. The standard InChI is InChI=1S/C5H6N4O/c6-4(7)5-8-1-3(10)2-9-5/h1-2,10H,(H3,6,7). The molecule has 0 aromatic carbocycles. The topological polar surface area (TPSA) is 95.9 Å². The van der Waals surface area contributed by atoms with E-state index in [-0.39, 0.29) is 17.4 Å². The lowest BCUT2D eigenvalue weighted by atomic mass is 10.5. The molecular formula is C5H6N4O. The van der Waals surface area contributed by atoms with Gasteiger partial charge in [-0.3, -0.25) is 5.41 Å². The second kappa shape index (κ2) is 2.30. The predicted molar refractivity (Wildman–Crippen MR) is 34.7 cm³/mol. The number of amidine groups is 1. The van der Waals surface area contributed by atoms with Gasteiger partial charge in [0.05, 0.1) is 12.4 Å². The zero-order valence-electron chi connectivity index (χ0n) is 5.07. The second-order valence-electron chi connectivity index (χ2n) is 1.68. The van der Waals surface area contributed by atoms with E-state index in [2.05, 4.69) is 9.97 Å². The smallest absolute Gasteiger partial charge is 0.194 e. The summed E-state index contributed by atoms with van der Waals surface area (Å²) in [5.41, 5.74) is 5.04. The maximum atomic E-state index is 8.70. The van der Waals surface area contributed by atoms with Crippen LogP contribution in [0.1, 0.15) is 5.82 Å². The molecule has 10 heavy (non-hydrogen) atoms. The third kappa shape index (κ3) is 1.19. The third-order valence-electron chi connectivity index (χ3n) is 0.879.